The lowest BCUT2D eigenvalue weighted by Crippen LogP contribution is -2.25. The number of halogens is 1. The average molecular weight is 474 g/mol. The second-order valence-electron chi connectivity index (χ2n) is 8.36. The van der Waals surface area contributed by atoms with Crippen LogP contribution in [0.15, 0.2) is 25.2 Å². The fourth-order valence-corrected chi connectivity index (χ4v) is 3.78. The third-order valence-electron chi connectivity index (χ3n) is 5.71. The summed E-state index contributed by atoms with van der Waals surface area (Å²) in [4.78, 5) is 4.34. The number of ether oxygens (including phenoxy) is 1. The Morgan fingerprint density at radius 1 is 0.724 bits per heavy atom. The van der Waals surface area contributed by atoms with Gasteiger partial charge in [0.05, 0.1) is 13.3 Å². The van der Waals surface area contributed by atoms with E-state index in [4.69, 9.17) is 4.74 Å². The van der Waals surface area contributed by atoms with Crippen LogP contribution in [0.4, 0.5) is 0 Å². The maximum atomic E-state index is 5.76. The summed E-state index contributed by atoms with van der Waals surface area (Å²) in [6.45, 7) is 9.70. The first-order chi connectivity index (χ1) is 13.9. The van der Waals surface area contributed by atoms with Gasteiger partial charge in [-0.25, -0.2) is 0 Å². The zero-order valence-electron chi connectivity index (χ0n) is 19.3. The smallest absolute Gasteiger partial charge is 0.0936 e. The summed E-state index contributed by atoms with van der Waals surface area (Å²) in [5, 5.41) is 0. The van der Waals surface area contributed by atoms with Crippen molar-refractivity contribution < 1.29 is 4.74 Å². The first kappa shape index (κ1) is 28.5. The summed E-state index contributed by atoms with van der Waals surface area (Å²) < 4.78 is 5.76. The highest BCUT2D eigenvalue weighted by Gasteiger charge is 2.08. The van der Waals surface area contributed by atoms with E-state index >= 15 is 0 Å². The molecule has 0 radical (unpaired) electrons. The van der Waals surface area contributed by atoms with E-state index < -0.39 is 0 Å². The fourth-order valence-electron chi connectivity index (χ4n) is 3.78. The van der Waals surface area contributed by atoms with Gasteiger partial charge in [0.15, 0.2) is 0 Å². The van der Waals surface area contributed by atoms with Crippen molar-refractivity contribution in [2.45, 2.75) is 110 Å². The Balaban J connectivity index is 0.00000784. The summed E-state index contributed by atoms with van der Waals surface area (Å²) in [7, 11) is 0. The van der Waals surface area contributed by atoms with Crippen molar-refractivity contribution in [1.29, 1.82) is 0 Å². The summed E-state index contributed by atoms with van der Waals surface area (Å²) >= 11 is 0. The lowest BCUT2D eigenvalue weighted by atomic mass is 10.0. The largest absolute Gasteiger partial charge is 0.380 e. The Morgan fingerprint density at radius 3 is 1.66 bits per heavy atom. The van der Waals surface area contributed by atoms with Crippen LogP contribution in [0.2, 0.25) is 0 Å². The topological polar surface area (TPSA) is 15.7 Å². The Labute approximate surface area is 192 Å². The van der Waals surface area contributed by atoms with Crippen LogP contribution >= 0.6 is 17.0 Å². The van der Waals surface area contributed by atoms with Crippen molar-refractivity contribution in [3.8, 4) is 0 Å². The molecule has 3 nitrogen and oxygen atoms in total. The molecule has 0 bridgehead atoms. The monoisotopic (exact) mass is 472 g/mol. The second-order valence-corrected chi connectivity index (χ2v) is 8.36. The van der Waals surface area contributed by atoms with Crippen molar-refractivity contribution in [3.05, 3.63) is 25.2 Å². The van der Waals surface area contributed by atoms with Gasteiger partial charge in [0, 0.05) is 25.6 Å². The van der Waals surface area contributed by atoms with Crippen LogP contribution in [0.3, 0.4) is 0 Å². The number of rotatable bonds is 21. The lowest BCUT2D eigenvalue weighted by Gasteiger charge is -2.18. The number of nitrogens with zero attached hydrogens (tertiary/aromatic N) is 2. The molecule has 0 fully saturated rings. The summed E-state index contributed by atoms with van der Waals surface area (Å²) in [5.41, 5.74) is 0. The van der Waals surface area contributed by atoms with Gasteiger partial charge in [-0.05, 0) is 12.6 Å². The van der Waals surface area contributed by atoms with E-state index in [0.717, 1.165) is 26.4 Å². The van der Waals surface area contributed by atoms with Crippen molar-refractivity contribution in [1.82, 2.24) is 9.80 Å². The van der Waals surface area contributed by atoms with Gasteiger partial charge < -0.3 is 14.5 Å². The van der Waals surface area contributed by atoms with Crippen LogP contribution in [0.1, 0.15) is 110 Å². The van der Waals surface area contributed by atoms with E-state index in [-0.39, 0.29) is 17.0 Å². The normalized spacial score (nSPS) is 13.1. The molecule has 1 aliphatic rings. The molecule has 0 saturated heterocycles. The minimum atomic E-state index is 0. The summed E-state index contributed by atoms with van der Waals surface area (Å²) in [6.07, 6.45) is 28.7. The fraction of sp³-hybridized carbons (Fsp3) is 0.840. The molecule has 0 N–H and O–H groups in total. The quantitative estimate of drug-likeness (QED) is 0.157. The highest BCUT2D eigenvalue weighted by molar-refractivity contribution is 8.93. The van der Waals surface area contributed by atoms with E-state index in [1.165, 1.54) is 103 Å². The van der Waals surface area contributed by atoms with Gasteiger partial charge in [-0.1, -0.05) is 110 Å². The van der Waals surface area contributed by atoms with Crippen LogP contribution in [0.5, 0.6) is 0 Å². The minimum absolute atomic E-state index is 0. The zero-order valence-corrected chi connectivity index (χ0v) is 21.0. The first-order valence-corrected chi connectivity index (χ1v) is 12.2. The number of unbranched alkanes of at least 4 members (excludes halogenated alkanes) is 15. The van der Waals surface area contributed by atoms with E-state index in [1.54, 1.807) is 0 Å². The predicted octanol–water partition coefficient (Wildman–Crippen LogP) is 8.03. The van der Waals surface area contributed by atoms with Gasteiger partial charge in [-0.2, -0.15) is 0 Å². The van der Waals surface area contributed by atoms with Crippen LogP contribution in [-0.4, -0.2) is 36.2 Å². The Bertz CT molecular complexity index is 376. The zero-order chi connectivity index (χ0) is 20.1. The van der Waals surface area contributed by atoms with Crippen molar-refractivity contribution in [2.24, 2.45) is 0 Å². The van der Waals surface area contributed by atoms with E-state index in [0.29, 0.717) is 0 Å². The molecule has 1 heterocycles. The van der Waals surface area contributed by atoms with Crippen LogP contribution in [-0.2, 0) is 4.74 Å². The SMILES string of the molecule is Br.C=CN1C=CN(CCOCCCCCCCCCCCCCCCCCC)C1. The Hall–Kier alpha value is -0.480. The van der Waals surface area contributed by atoms with Crippen molar-refractivity contribution in [3.63, 3.8) is 0 Å². The molecule has 1 aliphatic heterocycles. The van der Waals surface area contributed by atoms with Gasteiger partial charge in [-0.15, -0.1) is 17.0 Å². The Kier molecular flexibility index (Phi) is 21.8. The molecule has 0 aliphatic carbocycles. The Morgan fingerprint density at radius 2 is 1.21 bits per heavy atom. The third-order valence-corrected chi connectivity index (χ3v) is 5.71. The first-order valence-electron chi connectivity index (χ1n) is 12.2. The number of hydrogen-bond acceptors (Lipinski definition) is 3. The average Bonchev–Trinajstić information content (AvgIpc) is 3.18. The maximum absolute atomic E-state index is 5.76. The van der Waals surface area contributed by atoms with Gasteiger partial charge in [0.2, 0.25) is 0 Å². The molecule has 0 saturated carbocycles. The van der Waals surface area contributed by atoms with Crippen LogP contribution in [0.25, 0.3) is 0 Å². The summed E-state index contributed by atoms with van der Waals surface area (Å²) in [5.74, 6) is 0. The van der Waals surface area contributed by atoms with Crippen molar-refractivity contribution >= 4 is 17.0 Å². The third kappa shape index (κ3) is 18.0. The van der Waals surface area contributed by atoms with Gasteiger partial charge in [-0.3, -0.25) is 0 Å². The molecule has 0 atom stereocenters. The molecule has 0 spiro atoms. The number of hydrogen-bond donors (Lipinski definition) is 0. The highest BCUT2D eigenvalue weighted by Crippen LogP contribution is 2.13. The van der Waals surface area contributed by atoms with Gasteiger partial charge in [0.25, 0.3) is 0 Å². The van der Waals surface area contributed by atoms with E-state index in [1.807, 2.05) is 6.20 Å². The second kappa shape index (κ2) is 22.2. The van der Waals surface area contributed by atoms with Crippen molar-refractivity contribution in [2.75, 3.05) is 26.4 Å². The minimum Gasteiger partial charge on any atom is -0.380 e. The molecule has 0 unspecified atom stereocenters. The van der Waals surface area contributed by atoms with E-state index in [9.17, 15) is 0 Å². The maximum Gasteiger partial charge on any atom is 0.0936 e. The van der Waals surface area contributed by atoms with Gasteiger partial charge >= 0.3 is 0 Å². The lowest BCUT2D eigenvalue weighted by molar-refractivity contribution is 0.110. The summed E-state index contributed by atoms with van der Waals surface area (Å²) in [6, 6.07) is 0. The molecule has 0 aromatic heterocycles. The molecule has 4 heteroatoms. The van der Waals surface area contributed by atoms with E-state index in [2.05, 4.69) is 35.7 Å². The highest BCUT2D eigenvalue weighted by atomic mass is 79.9. The molecular weight excluding hydrogens is 424 g/mol. The van der Waals surface area contributed by atoms with Gasteiger partial charge in [0.1, 0.15) is 0 Å². The standard InChI is InChI=1S/C25H48N2O.BrH/c1-3-5-6-7-8-9-10-11-12-13-14-15-16-17-18-19-23-28-24-22-27-21-20-26(4-2)25-27;/h4,20-21H,2-3,5-19,22-25H2,1H3;1H. The molecule has 172 valence electrons. The molecular formula is C25H49BrN2O. The van der Waals surface area contributed by atoms with Crippen LogP contribution in [0, 0.1) is 0 Å². The predicted molar refractivity (Wildman–Crippen MR) is 133 cm³/mol. The molecule has 0 aromatic rings. The molecule has 29 heavy (non-hydrogen) atoms. The molecule has 1 rings (SSSR count). The van der Waals surface area contributed by atoms with Crippen LogP contribution < -0.4 is 0 Å². The molecule has 0 aromatic carbocycles. The molecule has 0 amide bonds.